The number of carbonyl (C=O) groups is 2. The summed E-state index contributed by atoms with van der Waals surface area (Å²) in [5, 5.41) is 2.58. The predicted octanol–water partition coefficient (Wildman–Crippen LogP) is 2.59. The summed E-state index contributed by atoms with van der Waals surface area (Å²) >= 11 is 0. The number of rotatable bonds is 5. The van der Waals surface area contributed by atoms with Crippen molar-refractivity contribution in [2.45, 2.75) is 77.7 Å². The third-order valence-corrected chi connectivity index (χ3v) is 5.12. The van der Waals surface area contributed by atoms with Gasteiger partial charge in [0.05, 0.1) is 18.3 Å². The summed E-state index contributed by atoms with van der Waals surface area (Å²) in [6.45, 7) is 13.3. The minimum atomic E-state index is -0.849. The maximum Gasteiger partial charge on any atom is 0.494 e. The number of alkyl carbamates (subject to hydrolysis) is 1. The van der Waals surface area contributed by atoms with Crippen molar-refractivity contribution in [3.05, 3.63) is 29.8 Å². The Labute approximate surface area is 173 Å². The fraction of sp³-hybridized carbons (Fsp3) is 0.619. The molecule has 1 aliphatic heterocycles. The van der Waals surface area contributed by atoms with Gasteiger partial charge in [0, 0.05) is 6.42 Å². The molecular weight excluding hydrogens is 373 g/mol. The van der Waals surface area contributed by atoms with E-state index in [0.717, 1.165) is 11.0 Å². The molecule has 1 amide bonds. The van der Waals surface area contributed by atoms with Crippen LogP contribution >= 0.6 is 0 Å². The molecule has 1 saturated heterocycles. The van der Waals surface area contributed by atoms with E-state index in [2.05, 4.69) is 5.32 Å². The van der Waals surface area contributed by atoms with E-state index in [1.54, 1.807) is 20.8 Å². The van der Waals surface area contributed by atoms with Gasteiger partial charge in [0.1, 0.15) is 11.6 Å². The molecule has 0 aliphatic carbocycles. The normalized spacial score (nSPS) is 18.8. The van der Waals surface area contributed by atoms with Crippen LogP contribution in [-0.4, -0.2) is 49.1 Å². The highest BCUT2D eigenvalue weighted by molar-refractivity contribution is 6.62. The van der Waals surface area contributed by atoms with Crippen LogP contribution in [0.25, 0.3) is 0 Å². The summed E-state index contributed by atoms with van der Waals surface area (Å²) in [5.74, 6) is -0.536. The molecule has 0 spiro atoms. The largest absolute Gasteiger partial charge is 0.494 e. The van der Waals surface area contributed by atoms with Crippen LogP contribution in [0.15, 0.2) is 24.3 Å². The van der Waals surface area contributed by atoms with Crippen molar-refractivity contribution in [3.63, 3.8) is 0 Å². The Morgan fingerprint density at radius 3 is 2.03 bits per heavy atom. The van der Waals surface area contributed by atoms with Crippen molar-refractivity contribution >= 4 is 24.6 Å². The molecule has 1 heterocycles. The summed E-state index contributed by atoms with van der Waals surface area (Å²) in [6.07, 6.45) is -0.392. The summed E-state index contributed by atoms with van der Waals surface area (Å²) in [6, 6.07) is 6.72. The molecule has 1 fully saturated rings. The maximum atomic E-state index is 12.1. The first-order valence-corrected chi connectivity index (χ1v) is 9.76. The second-order valence-corrected chi connectivity index (χ2v) is 9.26. The van der Waals surface area contributed by atoms with Crippen molar-refractivity contribution in [1.82, 2.24) is 5.32 Å². The Bertz CT molecular complexity index is 723. The standard InChI is InChI=1S/C21H32BNO6/c1-19(2,3)27-18(25)23-16(17(24)26-8)13-14-9-11-15(12-10-14)22-28-20(4,5)21(6,7)29-22/h9-12,16H,13H2,1-8H3,(H,23,25)/t16-/m1/s1. The predicted molar refractivity (Wildman–Crippen MR) is 111 cm³/mol. The van der Waals surface area contributed by atoms with Crippen molar-refractivity contribution in [1.29, 1.82) is 0 Å². The van der Waals surface area contributed by atoms with Crippen LogP contribution in [0.4, 0.5) is 4.79 Å². The summed E-state index contributed by atoms with van der Waals surface area (Å²) in [4.78, 5) is 24.2. The van der Waals surface area contributed by atoms with E-state index in [9.17, 15) is 9.59 Å². The molecule has 1 aromatic rings. The number of hydrogen-bond acceptors (Lipinski definition) is 6. The van der Waals surface area contributed by atoms with Crippen molar-refractivity contribution in [2.75, 3.05) is 7.11 Å². The summed E-state index contributed by atoms with van der Waals surface area (Å²) in [5.41, 5.74) is 0.265. The average Bonchev–Trinajstić information content (AvgIpc) is 2.80. The number of esters is 1. The highest BCUT2D eigenvalue weighted by Gasteiger charge is 2.51. The van der Waals surface area contributed by atoms with E-state index < -0.39 is 42.0 Å². The van der Waals surface area contributed by atoms with Crippen molar-refractivity contribution in [2.24, 2.45) is 0 Å². The van der Waals surface area contributed by atoms with Crippen molar-refractivity contribution < 1.29 is 28.4 Å². The van der Waals surface area contributed by atoms with E-state index in [1.807, 2.05) is 52.0 Å². The minimum Gasteiger partial charge on any atom is -0.467 e. The molecule has 0 aromatic heterocycles. The number of amides is 1. The quantitative estimate of drug-likeness (QED) is 0.599. The van der Waals surface area contributed by atoms with Crippen LogP contribution in [0.1, 0.15) is 54.0 Å². The van der Waals surface area contributed by atoms with Gasteiger partial charge in [0.25, 0.3) is 0 Å². The monoisotopic (exact) mass is 405 g/mol. The SMILES string of the molecule is COC(=O)[C@@H](Cc1ccc(B2OC(C)(C)C(C)(C)O2)cc1)NC(=O)OC(C)(C)C. The topological polar surface area (TPSA) is 83.1 Å². The lowest BCUT2D eigenvalue weighted by Gasteiger charge is -2.32. The van der Waals surface area contributed by atoms with E-state index >= 15 is 0 Å². The first-order valence-electron chi connectivity index (χ1n) is 9.76. The molecular formula is C21H32BNO6. The third kappa shape index (κ3) is 5.96. The maximum absolute atomic E-state index is 12.1. The lowest BCUT2D eigenvalue weighted by atomic mass is 9.78. The van der Waals surface area contributed by atoms with Gasteiger partial charge in [-0.25, -0.2) is 9.59 Å². The Morgan fingerprint density at radius 2 is 1.59 bits per heavy atom. The molecule has 1 atom stereocenters. The smallest absolute Gasteiger partial charge is 0.467 e. The Morgan fingerprint density at radius 1 is 1.07 bits per heavy atom. The highest BCUT2D eigenvalue weighted by Crippen LogP contribution is 2.36. The number of carbonyl (C=O) groups excluding carboxylic acids is 2. The lowest BCUT2D eigenvalue weighted by Crippen LogP contribution is -2.45. The Balaban J connectivity index is 2.07. The van der Waals surface area contributed by atoms with Crippen LogP contribution in [0.5, 0.6) is 0 Å². The minimum absolute atomic E-state index is 0.273. The Kier molecular flexibility index (Phi) is 6.70. The van der Waals surface area contributed by atoms with Crippen LogP contribution in [0, 0.1) is 0 Å². The molecule has 0 saturated carbocycles. The van der Waals surface area contributed by atoms with Gasteiger partial charge in [0.2, 0.25) is 0 Å². The molecule has 160 valence electrons. The van der Waals surface area contributed by atoms with E-state index in [4.69, 9.17) is 18.8 Å². The molecule has 7 nitrogen and oxygen atoms in total. The number of nitrogens with one attached hydrogen (secondary N) is 1. The number of benzene rings is 1. The zero-order valence-electron chi connectivity index (χ0n) is 18.6. The molecule has 29 heavy (non-hydrogen) atoms. The second kappa shape index (κ2) is 8.36. The third-order valence-electron chi connectivity index (χ3n) is 5.12. The highest BCUT2D eigenvalue weighted by atomic mass is 16.7. The Hall–Kier alpha value is -2.06. The van der Waals surface area contributed by atoms with Crippen molar-refractivity contribution in [3.8, 4) is 0 Å². The molecule has 1 aliphatic rings. The van der Waals surface area contributed by atoms with Crippen LogP contribution in [0.2, 0.25) is 0 Å². The second-order valence-electron chi connectivity index (χ2n) is 9.26. The van der Waals surface area contributed by atoms with Gasteiger partial charge in [0.15, 0.2) is 0 Å². The molecule has 1 aromatic carbocycles. The molecule has 0 radical (unpaired) electrons. The van der Waals surface area contributed by atoms with E-state index in [1.165, 1.54) is 7.11 Å². The fourth-order valence-corrected chi connectivity index (χ4v) is 2.81. The van der Waals surface area contributed by atoms with Crippen LogP contribution < -0.4 is 10.8 Å². The van der Waals surface area contributed by atoms with Crippen LogP contribution in [0.3, 0.4) is 0 Å². The fourth-order valence-electron chi connectivity index (χ4n) is 2.81. The zero-order valence-corrected chi connectivity index (χ0v) is 18.6. The van der Waals surface area contributed by atoms with Gasteiger partial charge in [-0.05, 0) is 59.5 Å². The first-order chi connectivity index (χ1) is 13.2. The average molecular weight is 405 g/mol. The lowest BCUT2D eigenvalue weighted by molar-refractivity contribution is -0.143. The van der Waals surface area contributed by atoms with Crippen LogP contribution in [-0.2, 0) is 30.0 Å². The number of hydrogen-bond donors (Lipinski definition) is 1. The molecule has 0 bridgehead atoms. The van der Waals surface area contributed by atoms with Gasteiger partial charge in [-0.2, -0.15) is 0 Å². The zero-order chi connectivity index (χ0) is 22.0. The van der Waals surface area contributed by atoms with E-state index in [-0.39, 0.29) is 6.42 Å². The molecule has 1 N–H and O–H groups in total. The summed E-state index contributed by atoms with van der Waals surface area (Å²) < 4.78 is 22.2. The van der Waals surface area contributed by atoms with Gasteiger partial charge in [-0.1, -0.05) is 24.3 Å². The first kappa shape index (κ1) is 23.2. The van der Waals surface area contributed by atoms with Gasteiger partial charge >= 0.3 is 19.2 Å². The molecule has 0 unspecified atom stereocenters. The van der Waals surface area contributed by atoms with E-state index in [0.29, 0.717) is 0 Å². The van der Waals surface area contributed by atoms with Gasteiger partial charge in [-0.15, -0.1) is 0 Å². The summed E-state index contributed by atoms with van der Waals surface area (Å²) in [7, 11) is 0.832. The molecule has 8 heteroatoms. The number of methoxy groups -OCH3 is 1. The molecule has 2 rings (SSSR count). The number of ether oxygens (including phenoxy) is 2. The van der Waals surface area contributed by atoms with Gasteiger partial charge in [-0.3, -0.25) is 0 Å². The van der Waals surface area contributed by atoms with Gasteiger partial charge < -0.3 is 24.1 Å².